The minimum absolute atomic E-state index is 0.187. The fourth-order valence-corrected chi connectivity index (χ4v) is 2.20. The van der Waals surface area contributed by atoms with E-state index in [-0.39, 0.29) is 11.4 Å². The van der Waals surface area contributed by atoms with Crippen molar-refractivity contribution in [2.24, 2.45) is 11.7 Å². The summed E-state index contributed by atoms with van der Waals surface area (Å²) in [6.45, 7) is 2.19. The molecule has 0 heterocycles. The van der Waals surface area contributed by atoms with Gasteiger partial charge in [-0.1, -0.05) is 19.1 Å². The van der Waals surface area contributed by atoms with E-state index >= 15 is 0 Å². The van der Waals surface area contributed by atoms with Crippen molar-refractivity contribution >= 4 is 0 Å². The lowest BCUT2D eigenvalue weighted by Gasteiger charge is -2.44. The van der Waals surface area contributed by atoms with Gasteiger partial charge in [0.25, 0.3) is 0 Å². The average molecular weight is 179 g/mol. The summed E-state index contributed by atoms with van der Waals surface area (Å²) in [5, 5.41) is 0. The topological polar surface area (TPSA) is 26.0 Å². The van der Waals surface area contributed by atoms with Crippen LogP contribution in [0.25, 0.3) is 0 Å². The van der Waals surface area contributed by atoms with Crippen LogP contribution in [0.5, 0.6) is 0 Å². The summed E-state index contributed by atoms with van der Waals surface area (Å²) in [4.78, 5) is 0. The minimum atomic E-state index is -0.195. The first-order valence-electron chi connectivity index (χ1n) is 4.65. The molecular formula is C11H14FN. The second-order valence-corrected chi connectivity index (χ2v) is 4.18. The van der Waals surface area contributed by atoms with Gasteiger partial charge in [0.05, 0.1) is 0 Å². The maximum absolute atomic E-state index is 12.6. The number of hydrogen-bond donors (Lipinski definition) is 1. The average Bonchev–Trinajstić information content (AvgIpc) is 2.03. The van der Waals surface area contributed by atoms with E-state index in [1.165, 1.54) is 12.1 Å². The molecule has 70 valence electrons. The smallest absolute Gasteiger partial charge is 0.123 e. The van der Waals surface area contributed by atoms with E-state index in [9.17, 15) is 4.39 Å². The number of rotatable bonds is 1. The molecule has 1 aromatic rings. The molecule has 1 aliphatic rings. The van der Waals surface area contributed by atoms with Crippen LogP contribution in [0.4, 0.5) is 4.39 Å². The first-order chi connectivity index (χ1) is 6.10. The quantitative estimate of drug-likeness (QED) is 0.704. The summed E-state index contributed by atoms with van der Waals surface area (Å²) in [5.41, 5.74) is 7.02. The third-order valence-corrected chi connectivity index (χ3v) is 2.84. The molecule has 2 N–H and O–H groups in total. The third-order valence-electron chi connectivity index (χ3n) is 2.84. The molecule has 0 atom stereocenters. The van der Waals surface area contributed by atoms with Gasteiger partial charge in [-0.05, 0) is 36.5 Å². The molecule has 2 heteroatoms. The molecule has 0 unspecified atom stereocenters. The van der Waals surface area contributed by atoms with Gasteiger partial charge in [-0.2, -0.15) is 0 Å². The molecule has 1 nitrogen and oxygen atoms in total. The second kappa shape index (κ2) is 2.81. The zero-order valence-electron chi connectivity index (χ0n) is 7.76. The van der Waals surface area contributed by atoms with Crippen LogP contribution in [0.2, 0.25) is 0 Å². The van der Waals surface area contributed by atoms with Crippen LogP contribution in [-0.2, 0) is 5.54 Å². The molecule has 0 aromatic heterocycles. The predicted molar refractivity (Wildman–Crippen MR) is 50.7 cm³/mol. The molecule has 0 saturated heterocycles. The fourth-order valence-electron chi connectivity index (χ4n) is 2.20. The van der Waals surface area contributed by atoms with Crippen LogP contribution < -0.4 is 5.73 Å². The highest BCUT2D eigenvalue weighted by Gasteiger charge is 2.39. The summed E-state index contributed by atoms with van der Waals surface area (Å²) in [5.74, 6) is 0.509. The van der Waals surface area contributed by atoms with Crippen LogP contribution in [0, 0.1) is 11.7 Å². The number of hydrogen-bond acceptors (Lipinski definition) is 1. The van der Waals surface area contributed by atoms with Gasteiger partial charge in [-0.3, -0.25) is 0 Å². The van der Waals surface area contributed by atoms with Crippen molar-refractivity contribution in [1.82, 2.24) is 0 Å². The van der Waals surface area contributed by atoms with E-state index in [1.54, 1.807) is 12.1 Å². The van der Waals surface area contributed by atoms with Crippen molar-refractivity contribution in [3.63, 3.8) is 0 Å². The molecule has 13 heavy (non-hydrogen) atoms. The number of benzene rings is 1. The molecule has 0 bridgehead atoms. The van der Waals surface area contributed by atoms with Crippen molar-refractivity contribution in [3.8, 4) is 0 Å². The Balaban J connectivity index is 2.22. The van der Waals surface area contributed by atoms with Gasteiger partial charge < -0.3 is 5.73 Å². The Labute approximate surface area is 77.8 Å². The second-order valence-electron chi connectivity index (χ2n) is 4.18. The molecular weight excluding hydrogens is 165 g/mol. The highest BCUT2D eigenvalue weighted by Crippen LogP contribution is 2.42. The van der Waals surface area contributed by atoms with Crippen molar-refractivity contribution < 1.29 is 4.39 Å². The normalized spacial score (nSPS) is 32.7. The van der Waals surface area contributed by atoms with Crippen molar-refractivity contribution in [2.45, 2.75) is 25.3 Å². The lowest BCUT2D eigenvalue weighted by atomic mass is 9.66. The Morgan fingerprint density at radius 3 is 2.31 bits per heavy atom. The lowest BCUT2D eigenvalue weighted by Crippen LogP contribution is -2.47. The van der Waals surface area contributed by atoms with Gasteiger partial charge in [0, 0.05) is 5.54 Å². The van der Waals surface area contributed by atoms with E-state index < -0.39 is 0 Å². The monoisotopic (exact) mass is 179 g/mol. The summed E-state index contributed by atoms with van der Waals surface area (Å²) in [6.07, 6.45) is 2.03. The van der Waals surface area contributed by atoms with Crippen LogP contribution >= 0.6 is 0 Å². The van der Waals surface area contributed by atoms with Gasteiger partial charge in [-0.25, -0.2) is 4.39 Å². The van der Waals surface area contributed by atoms with Crippen molar-refractivity contribution in [2.75, 3.05) is 0 Å². The molecule has 1 fully saturated rings. The zero-order chi connectivity index (χ0) is 9.47. The maximum atomic E-state index is 12.6. The summed E-state index contributed by atoms with van der Waals surface area (Å²) >= 11 is 0. The molecule has 1 aromatic carbocycles. The van der Waals surface area contributed by atoms with E-state index in [4.69, 9.17) is 5.73 Å². The van der Waals surface area contributed by atoms with Crippen LogP contribution in [-0.4, -0.2) is 0 Å². The van der Waals surface area contributed by atoms with Crippen LogP contribution in [0.1, 0.15) is 25.3 Å². The Morgan fingerprint density at radius 2 is 1.85 bits per heavy atom. The molecule has 1 saturated carbocycles. The van der Waals surface area contributed by atoms with Gasteiger partial charge in [0.15, 0.2) is 0 Å². The Hall–Kier alpha value is -0.890. The van der Waals surface area contributed by atoms with Crippen molar-refractivity contribution in [3.05, 3.63) is 35.6 Å². The largest absolute Gasteiger partial charge is 0.321 e. The van der Waals surface area contributed by atoms with Crippen LogP contribution in [0.15, 0.2) is 24.3 Å². The van der Waals surface area contributed by atoms with Crippen molar-refractivity contribution in [1.29, 1.82) is 0 Å². The molecule has 1 aliphatic carbocycles. The number of halogens is 1. The Bertz CT molecular complexity index is 298. The molecule has 0 radical (unpaired) electrons. The first-order valence-corrected chi connectivity index (χ1v) is 4.65. The highest BCUT2D eigenvalue weighted by atomic mass is 19.1. The third kappa shape index (κ3) is 1.46. The maximum Gasteiger partial charge on any atom is 0.123 e. The zero-order valence-corrected chi connectivity index (χ0v) is 7.76. The van der Waals surface area contributed by atoms with E-state index in [2.05, 4.69) is 6.92 Å². The lowest BCUT2D eigenvalue weighted by molar-refractivity contribution is 0.164. The summed E-state index contributed by atoms with van der Waals surface area (Å²) < 4.78 is 12.6. The SMILES string of the molecule is CC1CC(N)(c2ccc(F)cc2)C1. The minimum Gasteiger partial charge on any atom is -0.321 e. The Morgan fingerprint density at radius 1 is 1.31 bits per heavy atom. The van der Waals surface area contributed by atoms with E-state index in [0.29, 0.717) is 5.92 Å². The van der Waals surface area contributed by atoms with Gasteiger partial charge in [0.2, 0.25) is 0 Å². The first kappa shape index (κ1) is 8.70. The fraction of sp³-hybridized carbons (Fsp3) is 0.455. The predicted octanol–water partition coefficient (Wildman–Crippen LogP) is 2.41. The highest BCUT2D eigenvalue weighted by molar-refractivity contribution is 5.27. The molecule has 0 amide bonds. The van der Waals surface area contributed by atoms with E-state index in [0.717, 1.165) is 18.4 Å². The Kier molecular flexibility index (Phi) is 1.88. The standard InChI is InChI=1S/C11H14FN/c1-8-6-11(13,7-8)9-2-4-10(12)5-3-9/h2-5,8H,6-7,13H2,1H3. The summed E-state index contributed by atoms with van der Waals surface area (Å²) in [7, 11) is 0. The summed E-state index contributed by atoms with van der Waals surface area (Å²) in [6, 6.07) is 6.54. The molecule has 0 spiro atoms. The molecule has 0 aliphatic heterocycles. The molecule has 2 rings (SSSR count). The van der Waals surface area contributed by atoms with Gasteiger partial charge in [-0.15, -0.1) is 0 Å². The van der Waals surface area contributed by atoms with Gasteiger partial charge in [0.1, 0.15) is 5.82 Å². The van der Waals surface area contributed by atoms with Gasteiger partial charge >= 0.3 is 0 Å². The van der Waals surface area contributed by atoms with Crippen LogP contribution in [0.3, 0.4) is 0 Å². The van der Waals surface area contributed by atoms with E-state index in [1.807, 2.05) is 0 Å². The number of nitrogens with two attached hydrogens (primary N) is 1.